The van der Waals surface area contributed by atoms with Gasteiger partial charge in [0.05, 0.1) is 28.2 Å². The number of furan rings is 1. The molecule has 5 nitrogen and oxygen atoms in total. The number of benzene rings is 2. The van der Waals surface area contributed by atoms with Gasteiger partial charge in [0, 0.05) is 10.9 Å². The first kappa shape index (κ1) is 19.2. The number of carbonyl (C=O) groups is 1. The molecule has 0 spiro atoms. The van der Waals surface area contributed by atoms with Gasteiger partial charge in [-0.2, -0.15) is 5.26 Å². The molecule has 0 saturated heterocycles. The molecule has 0 unspecified atom stereocenters. The van der Waals surface area contributed by atoms with Crippen molar-refractivity contribution in [2.45, 2.75) is 26.9 Å². The van der Waals surface area contributed by atoms with E-state index in [-0.39, 0.29) is 12.4 Å². The van der Waals surface area contributed by atoms with Crippen LogP contribution in [-0.2, 0) is 22.6 Å². The molecule has 0 atom stereocenters. The molecule has 27 heavy (non-hydrogen) atoms. The van der Waals surface area contributed by atoms with Crippen LogP contribution in [0.4, 0.5) is 0 Å². The van der Waals surface area contributed by atoms with Gasteiger partial charge in [0.25, 0.3) is 0 Å². The van der Waals surface area contributed by atoms with Gasteiger partial charge in [-0.25, -0.2) is 0 Å². The summed E-state index contributed by atoms with van der Waals surface area (Å²) in [6.45, 7) is 4.33. The molecular weight excluding hydrogens is 457 g/mol. The van der Waals surface area contributed by atoms with Gasteiger partial charge < -0.3 is 13.9 Å². The van der Waals surface area contributed by atoms with Crippen LogP contribution in [0.1, 0.15) is 29.4 Å². The molecule has 1 heterocycles. The highest BCUT2D eigenvalue weighted by Gasteiger charge is 2.13. The summed E-state index contributed by atoms with van der Waals surface area (Å²) in [7, 11) is 0. The number of fused-ring (bicyclic) bond motifs is 1. The van der Waals surface area contributed by atoms with E-state index in [1.165, 1.54) is 0 Å². The van der Waals surface area contributed by atoms with Crippen LogP contribution in [0.25, 0.3) is 11.0 Å². The van der Waals surface area contributed by atoms with Crippen LogP contribution in [0.15, 0.2) is 40.8 Å². The largest absolute Gasteiger partial charge is 0.489 e. The zero-order chi connectivity index (χ0) is 19.4. The Labute approximate surface area is 171 Å². The third-order valence-electron chi connectivity index (χ3n) is 3.98. The first-order valence-corrected chi connectivity index (χ1v) is 9.58. The Balaban J connectivity index is 1.84. The lowest BCUT2D eigenvalue weighted by atomic mass is 10.1. The van der Waals surface area contributed by atoms with Crippen LogP contribution in [0, 0.1) is 21.8 Å². The minimum atomic E-state index is -0.322. The van der Waals surface area contributed by atoms with E-state index in [0.29, 0.717) is 30.1 Å². The number of aryl methyl sites for hydroxylation is 1. The smallest absolute Gasteiger partial charge is 0.310 e. The van der Waals surface area contributed by atoms with Crippen molar-refractivity contribution in [2.24, 2.45) is 0 Å². The highest BCUT2D eigenvalue weighted by Crippen LogP contribution is 2.28. The number of hydrogen-bond donors (Lipinski definition) is 0. The third-order valence-corrected chi connectivity index (χ3v) is 4.79. The Kier molecular flexibility index (Phi) is 6.01. The molecule has 0 radical (unpaired) electrons. The van der Waals surface area contributed by atoms with Crippen LogP contribution >= 0.6 is 22.6 Å². The summed E-state index contributed by atoms with van der Waals surface area (Å²) >= 11 is 2.24. The fourth-order valence-electron chi connectivity index (χ4n) is 2.81. The summed E-state index contributed by atoms with van der Waals surface area (Å²) in [5.41, 5.74) is 3.03. The lowest BCUT2D eigenvalue weighted by Gasteiger charge is -2.12. The molecule has 0 bridgehead atoms. The van der Waals surface area contributed by atoms with E-state index in [0.717, 1.165) is 25.9 Å². The molecule has 0 N–H and O–H groups in total. The second kappa shape index (κ2) is 8.44. The van der Waals surface area contributed by atoms with Gasteiger partial charge in [0.1, 0.15) is 23.7 Å². The Hall–Kier alpha value is -2.53. The third kappa shape index (κ3) is 4.61. The minimum absolute atomic E-state index is 0.104. The number of carbonyl (C=O) groups excluding carboxylic acids is 1. The number of nitrogens with zero attached hydrogens (tertiary/aromatic N) is 1. The lowest BCUT2D eigenvalue weighted by molar-refractivity contribution is -0.142. The van der Waals surface area contributed by atoms with Gasteiger partial charge in [-0.1, -0.05) is 6.07 Å². The normalized spacial score (nSPS) is 10.6. The maximum absolute atomic E-state index is 11.8. The van der Waals surface area contributed by atoms with E-state index in [9.17, 15) is 4.79 Å². The molecule has 2 aromatic carbocycles. The average molecular weight is 475 g/mol. The van der Waals surface area contributed by atoms with Crippen molar-refractivity contribution in [3.63, 3.8) is 0 Å². The fraction of sp³-hybridized carbons (Fsp3) is 0.238. The van der Waals surface area contributed by atoms with Crippen molar-refractivity contribution in [3.8, 4) is 11.8 Å². The van der Waals surface area contributed by atoms with E-state index < -0.39 is 0 Å². The predicted octanol–water partition coefficient (Wildman–Crippen LogP) is 4.90. The lowest BCUT2D eigenvalue weighted by Crippen LogP contribution is -2.09. The summed E-state index contributed by atoms with van der Waals surface area (Å²) in [5, 5.41) is 10.2. The Bertz CT molecular complexity index is 1030. The molecule has 0 saturated carbocycles. The monoisotopic (exact) mass is 475 g/mol. The van der Waals surface area contributed by atoms with Gasteiger partial charge in [-0.3, -0.25) is 4.79 Å². The molecule has 6 heteroatoms. The van der Waals surface area contributed by atoms with Crippen molar-refractivity contribution in [1.29, 1.82) is 5.26 Å². The minimum Gasteiger partial charge on any atom is -0.489 e. The van der Waals surface area contributed by atoms with Crippen LogP contribution < -0.4 is 4.74 Å². The average Bonchev–Trinajstić information content (AvgIpc) is 3.02. The van der Waals surface area contributed by atoms with Crippen molar-refractivity contribution < 1.29 is 18.7 Å². The quantitative estimate of drug-likeness (QED) is 0.375. The summed E-state index contributed by atoms with van der Waals surface area (Å²) in [5.74, 6) is 1.05. The number of ether oxygens (including phenoxy) is 2. The standard InChI is InChI=1S/C21H18INO4/c1-3-25-20(24)10-16-5-4-14(11-23)9-19(16)26-12-15-7-17-6-13(2)27-21(17)18(22)8-15/h4-9H,3,10,12H2,1-2H3. The molecule has 0 aliphatic rings. The molecule has 3 aromatic rings. The Morgan fingerprint density at radius 1 is 1.26 bits per heavy atom. The first-order chi connectivity index (χ1) is 13.0. The molecule has 1 aromatic heterocycles. The Morgan fingerprint density at radius 2 is 2.07 bits per heavy atom. The Morgan fingerprint density at radius 3 is 2.81 bits per heavy atom. The maximum atomic E-state index is 11.8. The second-order valence-corrected chi connectivity index (χ2v) is 7.22. The number of hydrogen-bond acceptors (Lipinski definition) is 5. The second-order valence-electron chi connectivity index (χ2n) is 6.06. The molecule has 0 amide bonds. The van der Waals surface area contributed by atoms with Crippen LogP contribution in [-0.4, -0.2) is 12.6 Å². The number of esters is 1. The van der Waals surface area contributed by atoms with Crippen LogP contribution in [0.5, 0.6) is 5.75 Å². The molecule has 0 fully saturated rings. The van der Waals surface area contributed by atoms with Gasteiger partial charge in [0.15, 0.2) is 0 Å². The molecular formula is C21H18INO4. The van der Waals surface area contributed by atoms with Crippen LogP contribution in [0.2, 0.25) is 0 Å². The van der Waals surface area contributed by atoms with Gasteiger partial charge in [-0.15, -0.1) is 0 Å². The molecule has 3 rings (SSSR count). The summed E-state index contributed by atoms with van der Waals surface area (Å²) < 4.78 is 17.7. The summed E-state index contributed by atoms with van der Waals surface area (Å²) in [4.78, 5) is 11.8. The molecule has 138 valence electrons. The SMILES string of the molecule is CCOC(=O)Cc1ccc(C#N)cc1OCc1cc(I)c2oc(C)cc2c1. The highest BCUT2D eigenvalue weighted by molar-refractivity contribution is 14.1. The summed E-state index contributed by atoms with van der Waals surface area (Å²) in [6, 6.07) is 13.2. The topological polar surface area (TPSA) is 72.5 Å². The van der Waals surface area contributed by atoms with E-state index >= 15 is 0 Å². The highest BCUT2D eigenvalue weighted by atomic mass is 127. The van der Waals surface area contributed by atoms with Crippen LogP contribution in [0.3, 0.4) is 0 Å². The molecule has 0 aliphatic heterocycles. The number of halogens is 1. The first-order valence-electron chi connectivity index (χ1n) is 8.50. The fourth-order valence-corrected chi connectivity index (χ4v) is 3.64. The van der Waals surface area contributed by atoms with Crippen molar-refractivity contribution in [1.82, 2.24) is 0 Å². The van der Waals surface area contributed by atoms with E-state index in [1.807, 2.05) is 25.1 Å². The molecule has 0 aliphatic carbocycles. The maximum Gasteiger partial charge on any atom is 0.310 e. The zero-order valence-electron chi connectivity index (χ0n) is 15.0. The number of rotatable bonds is 6. The predicted molar refractivity (Wildman–Crippen MR) is 109 cm³/mol. The van der Waals surface area contributed by atoms with Crippen molar-refractivity contribution in [2.75, 3.05) is 6.61 Å². The van der Waals surface area contributed by atoms with Gasteiger partial charge in [-0.05, 0) is 72.3 Å². The zero-order valence-corrected chi connectivity index (χ0v) is 17.2. The van der Waals surface area contributed by atoms with E-state index in [4.69, 9.17) is 19.2 Å². The number of nitriles is 1. The summed E-state index contributed by atoms with van der Waals surface area (Å²) in [6.07, 6.45) is 0.104. The van der Waals surface area contributed by atoms with Crippen molar-refractivity contribution >= 4 is 39.5 Å². The van der Waals surface area contributed by atoms with Gasteiger partial charge in [0.2, 0.25) is 0 Å². The van der Waals surface area contributed by atoms with E-state index in [2.05, 4.69) is 28.7 Å². The van der Waals surface area contributed by atoms with Gasteiger partial charge >= 0.3 is 5.97 Å². The van der Waals surface area contributed by atoms with Crippen molar-refractivity contribution in [3.05, 3.63) is 62.4 Å². The van der Waals surface area contributed by atoms with E-state index in [1.54, 1.807) is 25.1 Å².